The minimum atomic E-state index is -0.545. The first-order valence-corrected chi connectivity index (χ1v) is 16.6. The third kappa shape index (κ3) is 4.32. The smallest absolute Gasteiger partial charge is 0.0720 e. The first kappa shape index (κ1) is 28.1. The maximum Gasteiger partial charge on any atom is 0.0720 e. The number of anilines is 3. The molecule has 0 bridgehead atoms. The highest BCUT2D eigenvalue weighted by Crippen LogP contribution is 2.60. The fourth-order valence-electron chi connectivity index (χ4n) is 7.94. The summed E-state index contributed by atoms with van der Waals surface area (Å²) in [5.41, 5.74) is 13.0. The second-order valence-corrected chi connectivity index (χ2v) is 12.5. The van der Waals surface area contributed by atoms with Crippen molar-refractivity contribution in [2.24, 2.45) is 0 Å². The van der Waals surface area contributed by atoms with Crippen molar-refractivity contribution >= 4 is 27.8 Å². The van der Waals surface area contributed by atoms with E-state index in [9.17, 15) is 0 Å². The molecular formula is C47H33N. The Morgan fingerprint density at radius 2 is 0.812 bits per heavy atom. The lowest BCUT2D eigenvalue weighted by Crippen LogP contribution is -2.29. The highest BCUT2D eigenvalue weighted by atomic mass is 15.1. The van der Waals surface area contributed by atoms with Gasteiger partial charge in [0.15, 0.2) is 0 Å². The van der Waals surface area contributed by atoms with Crippen LogP contribution in [0.2, 0.25) is 0 Å². The molecule has 9 rings (SSSR count). The Morgan fingerprint density at radius 3 is 1.38 bits per heavy atom. The van der Waals surface area contributed by atoms with Crippen LogP contribution in [0.5, 0.6) is 0 Å². The van der Waals surface area contributed by atoms with Crippen LogP contribution >= 0.6 is 0 Å². The lowest BCUT2D eigenvalue weighted by Gasteiger charge is -2.35. The lowest BCUT2D eigenvalue weighted by atomic mass is 9.66. The molecule has 0 aliphatic heterocycles. The maximum absolute atomic E-state index is 2.45. The molecule has 8 aromatic rings. The molecule has 0 saturated carbocycles. The molecule has 48 heavy (non-hydrogen) atoms. The molecule has 0 N–H and O–H groups in total. The van der Waals surface area contributed by atoms with Crippen molar-refractivity contribution in [3.05, 3.63) is 222 Å². The zero-order chi connectivity index (χ0) is 31.9. The van der Waals surface area contributed by atoms with Gasteiger partial charge in [-0.15, -0.1) is 0 Å². The molecule has 0 spiro atoms. The van der Waals surface area contributed by atoms with E-state index in [2.05, 4.69) is 205 Å². The highest BCUT2D eigenvalue weighted by Gasteiger charge is 2.47. The Kier molecular flexibility index (Phi) is 6.76. The summed E-state index contributed by atoms with van der Waals surface area (Å²) >= 11 is 0. The third-order valence-electron chi connectivity index (χ3n) is 9.90. The maximum atomic E-state index is 2.45. The Labute approximate surface area is 282 Å². The number of fused-ring (bicyclic) bond motifs is 5. The highest BCUT2D eigenvalue weighted by molar-refractivity contribution is 6.07. The van der Waals surface area contributed by atoms with Gasteiger partial charge in [0.2, 0.25) is 0 Å². The predicted octanol–water partition coefficient (Wildman–Crippen LogP) is 12.3. The quantitative estimate of drug-likeness (QED) is 0.181. The SMILES string of the molecule is c1ccc(-c2cc3c(c4ccccc24)C(c2ccccc2)(c2ccccc2)c2cc(N(c4ccccc4)c4ccccc4)ccc2-3)cc1. The summed E-state index contributed by atoms with van der Waals surface area (Å²) in [7, 11) is 0. The average molecular weight is 612 g/mol. The van der Waals surface area contributed by atoms with Crippen LogP contribution in [-0.4, -0.2) is 0 Å². The predicted molar refractivity (Wildman–Crippen MR) is 201 cm³/mol. The van der Waals surface area contributed by atoms with E-state index >= 15 is 0 Å². The number of para-hydroxylation sites is 2. The van der Waals surface area contributed by atoms with Crippen LogP contribution in [0.1, 0.15) is 22.3 Å². The molecule has 1 aliphatic rings. The van der Waals surface area contributed by atoms with Crippen molar-refractivity contribution in [3.8, 4) is 22.3 Å². The minimum Gasteiger partial charge on any atom is -0.310 e. The summed E-state index contributed by atoms with van der Waals surface area (Å²) < 4.78 is 0. The molecule has 0 fully saturated rings. The first-order chi connectivity index (χ1) is 23.8. The molecule has 1 nitrogen and oxygen atoms in total. The number of benzene rings is 8. The zero-order valence-corrected chi connectivity index (χ0v) is 26.5. The summed E-state index contributed by atoms with van der Waals surface area (Å²) in [4.78, 5) is 2.37. The molecule has 0 unspecified atom stereocenters. The van der Waals surface area contributed by atoms with E-state index in [-0.39, 0.29) is 0 Å². The molecule has 0 aromatic heterocycles. The van der Waals surface area contributed by atoms with Crippen LogP contribution in [0.25, 0.3) is 33.0 Å². The van der Waals surface area contributed by atoms with Gasteiger partial charge in [0.1, 0.15) is 0 Å². The second kappa shape index (κ2) is 11.6. The summed E-state index contributed by atoms with van der Waals surface area (Å²) in [6.07, 6.45) is 0. The number of rotatable bonds is 6. The molecule has 0 radical (unpaired) electrons. The molecule has 0 saturated heterocycles. The largest absolute Gasteiger partial charge is 0.310 e. The van der Waals surface area contributed by atoms with Crippen molar-refractivity contribution in [2.75, 3.05) is 4.90 Å². The number of hydrogen-bond acceptors (Lipinski definition) is 1. The normalized spacial score (nSPS) is 12.8. The fraction of sp³-hybridized carbons (Fsp3) is 0.0213. The third-order valence-corrected chi connectivity index (χ3v) is 9.90. The number of nitrogens with zero attached hydrogens (tertiary/aromatic N) is 1. The van der Waals surface area contributed by atoms with Crippen LogP contribution in [0.15, 0.2) is 200 Å². The van der Waals surface area contributed by atoms with Gasteiger partial charge in [-0.3, -0.25) is 0 Å². The Balaban J connectivity index is 1.42. The van der Waals surface area contributed by atoms with Crippen LogP contribution in [0.4, 0.5) is 17.1 Å². The monoisotopic (exact) mass is 611 g/mol. The van der Waals surface area contributed by atoms with E-state index in [0.717, 1.165) is 17.1 Å². The fourth-order valence-corrected chi connectivity index (χ4v) is 7.94. The number of hydrogen-bond donors (Lipinski definition) is 0. The molecular weight excluding hydrogens is 579 g/mol. The average Bonchev–Trinajstić information content (AvgIpc) is 3.47. The van der Waals surface area contributed by atoms with Gasteiger partial charge in [-0.1, -0.05) is 158 Å². The lowest BCUT2D eigenvalue weighted by molar-refractivity contribution is 0.775. The Morgan fingerprint density at radius 1 is 0.333 bits per heavy atom. The van der Waals surface area contributed by atoms with Crippen molar-refractivity contribution in [2.45, 2.75) is 5.41 Å². The summed E-state index contributed by atoms with van der Waals surface area (Å²) in [5, 5.41) is 2.55. The van der Waals surface area contributed by atoms with E-state index < -0.39 is 5.41 Å². The van der Waals surface area contributed by atoms with E-state index in [1.807, 2.05) is 0 Å². The summed E-state index contributed by atoms with van der Waals surface area (Å²) in [6.45, 7) is 0. The van der Waals surface area contributed by atoms with Gasteiger partial charge in [0, 0.05) is 17.1 Å². The zero-order valence-electron chi connectivity index (χ0n) is 26.5. The van der Waals surface area contributed by atoms with Gasteiger partial charge >= 0.3 is 0 Å². The Hall–Kier alpha value is -6.18. The molecule has 0 atom stereocenters. The summed E-state index contributed by atoms with van der Waals surface area (Å²) in [5.74, 6) is 0. The Bertz CT molecular complexity index is 2290. The van der Waals surface area contributed by atoms with Gasteiger partial charge in [-0.2, -0.15) is 0 Å². The standard InChI is InChI=1S/C47H33N/c1-6-18-34(19-7-1)43-33-44-41-31-30-39(48(37-24-12-4-13-25-37)38-26-14-5-15-27-38)32-45(41)47(35-20-8-2-9-21-35,36-22-10-3-11-23-36)46(44)42-29-17-16-28-40(42)43/h1-33H. The van der Waals surface area contributed by atoms with Crippen molar-refractivity contribution < 1.29 is 0 Å². The van der Waals surface area contributed by atoms with Crippen molar-refractivity contribution in [3.63, 3.8) is 0 Å². The molecule has 226 valence electrons. The molecule has 1 heteroatoms. The molecule has 0 amide bonds. The topological polar surface area (TPSA) is 3.24 Å². The van der Waals surface area contributed by atoms with Crippen molar-refractivity contribution in [1.82, 2.24) is 0 Å². The van der Waals surface area contributed by atoms with E-state index in [1.165, 1.54) is 55.3 Å². The van der Waals surface area contributed by atoms with Crippen LogP contribution in [0, 0.1) is 0 Å². The van der Waals surface area contributed by atoms with Gasteiger partial charge in [-0.05, 0) is 97.7 Å². The van der Waals surface area contributed by atoms with Crippen LogP contribution in [-0.2, 0) is 5.41 Å². The first-order valence-electron chi connectivity index (χ1n) is 16.6. The van der Waals surface area contributed by atoms with Gasteiger partial charge in [0.05, 0.1) is 5.41 Å². The minimum absolute atomic E-state index is 0.545. The van der Waals surface area contributed by atoms with Gasteiger partial charge in [0.25, 0.3) is 0 Å². The van der Waals surface area contributed by atoms with Gasteiger partial charge < -0.3 is 4.90 Å². The van der Waals surface area contributed by atoms with Crippen molar-refractivity contribution in [1.29, 1.82) is 0 Å². The molecule has 1 aliphatic carbocycles. The van der Waals surface area contributed by atoms with Gasteiger partial charge in [-0.25, -0.2) is 0 Å². The van der Waals surface area contributed by atoms with E-state index in [0.29, 0.717) is 0 Å². The van der Waals surface area contributed by atoms with Crippen LogP contribution < -0.4 is 4.90 Å². The summed E-state index contributed by atoms with van der Waals surface area (Å²) in [6, 6.07) is 73.0. The second-order valence-electron chi connectivity index (χ2n) is 12.5. The van der Waals surface area contributed by atoms with E-state index in [1.54, 1.807) is 0 Å². The molecule has 8 aromatic carbocycles. The molecule has 0 heterocycles. The van der Waals surface area contributed by atoms with E-state index in [4.69, 9.17) is 0 Å². The van der Waals surface area contributed by atoms with Crippen LogP contribution in [0.3, 0.4) is 0 Å².